The van der Waals surface area contributed by atoms with Crippen LogP contribution in [0.1, 0.15) is 15.2 Å². The molecule has 0 saturated heterocycles. The topological polar surface area (TPSA) is 55.1 Å². The van der Waals surface area contributed by atoms with Crippen molar-refractivity contribution in [2.45, 2.75) is 0 Å². The van der Waals surface area contributed by atoms with Crippen molar-refractivity contribution >= 4 is 22.9 Å². The average Bonchev–Trinajstić information content (AvgIpc) is 2.89. The predicted molar refractivity (Wildman–Crippen MR) is 74.6 cm³/mol. The SMILES string of the molecule is NCC#Cc1cc(C(=O)Nc2cc(F)ccc2F)cs1. The number of anilines is 1. The fourth-order valence-electron chi connectivity index (χ4n) is 1.45. The van der Waals surface area contributed by atoms with Crippen molar-refractivity contribution in [3.05, 3.63) is 51.7 Å². The summed E-state index contributed by atoms with van der Waals surface area (Å²) in [6, 6.07) is 4.43. The molecule has 0 radical (unpaired) electrons. The van der Waals surface area contributed by atoms with Crippen molar-refractivity contribution < 1.29 is 13.6 Å². The Kier molecular flexibility index (Phi) is 4.45. The van der Waals surface area contributed by atoms with Crippen molar-refractivity contribution in [2.75, 3.05) is 11.9 Å². The Hall–Kier alpha value is -2.23. The second kappa shape index (κ2) is 6.28. The summed E-state index contributed by atoms with van der Waals surface area (Å²) in [5.41, 5.74) is 5.39. The van der Waals surface area contributed by atoms with E-state index in [0.717, 1.165) is 18.2 Å². The molecule has 3 N–H and O–H groups in total. The van der Waals surface area contributed by atoms with E-state index in [2.05, 4.69) is 17.2 Å². The van der Waals surface area contributed by atoms with Crippen LogP contribution < -0.4 is 11.1 Å². The zero-order valence-electron chi connectivity index (χ0n) is 10.2. The van der Waals surface area contributed by atoms with Gasteiger partial charge in [-0.2, -0.15) is 0 Å². The number of carbonyl (C=O) groups excluding carboxylic acids is 1. The van der Waals surface area contributed by atoms with Gasteiger partial charge in [-0.05, 0) is 18.2 Å². The Morgan fingerprint density at radius 1 is 1.35 bits per heavy atom. The average molecular weight is 292 g/mol. The first-order valence-electron chi connectivity index (χ1n) is 5.64. The largest absolute Gasteiger partial charge is 0.320 e. The fourth-order valence-corrected chi connectivity index (χ4v) is 2.20. The molecule has 0 aliphatic heterocycles. The number of nitrogens with one attached hydrogen (secondary N) is 1. The molecule has 102 valence electrons. The second-order valence-electron chi connectivity index (χ2n) is 3.78. The summed E-state index contributed by atoms with van der Waals surface area (Å²) < 4.78 is 26.4. The van der Waals surface area contributed by atoms with Crippen LogP contribution in [0.4, 0.5) is 14.5 Å². The third-order valence-electron chi connectivity index (χ3n) is 2.35. The first kappa shape index (κ1) is 14.2. The Morgan fingerprint density at radius 3 is 2.90 bits per heavy atom. The van der Waals surface area contributed by atoms with Gasteiger partial charge in [0.1, 0.15) is 11.6 Å². The number of carbonyl (C=O) groups is 1. The van der Waals surface area contributed by atoms with E-state index in [1.165, 1.54) is 11.3 Å². The van der Waals surface area contributed by atoms with E-state index < -0.39 is 17.5 Å². The molecular formula is C14H10F2N2OS. The molecule has 2 rings (SSSR count). The molecule has 6 heteroatoms. The van der Waals surface area contributed by atoms with E-state index in [1.54, 1.807) is 11.4 Å². The molecular weight excluding hydrogens is 282 g/mol. The molecule has 0 spiro atoms. The van der Waals surface area contributed by atoms with Crippen LogP contribution in [0.2, 0.25) is 0 Å². The number of thiophene rings is 1. The highest BCUT2D eigenvalue weighted by Crippen LogP contribution is 2.18. The van der Waals surface area contributed by atoms with E-state index in [1.807, 2.05) is 0 Å². The van der Waals surface area contributed by atoms with Gasteiger partial charge in [-0.25, -0.2) is 8.78 Å². The molecule has 3 nitrogen and oxygen atoms in total. The standard InChI is InChI=1S/C14H10F2N2OS/c15-10-3-4-12(16)13(7-10)18-14(19)9-6-11(20-8-9)2-1-5-17/h3-4,6-8H,5,17H2,(H,18,19). The molecule has 0 unspecified atom stereocenters. The van der Waals surface area contributed by atoms with Crippen LogP contribution in [0, 0.1) is 23.5 Å². The lowest BCUT2D eigenvalue weighted by Crippen LogP contribution is -2.12. The summed E-state index contributed by atoms with van der Waals surface area (Å²) in [5, 5.41) is 3.91. The molecule has 0 atom stereocenters. The molecule has 1 aromatic heterocycles. The van der Waals surface area contributed by atoms with Crippen molar-refractivity contribution in [1.82, 2.24) is 0 Å². The van der Waals surface area contributed by atoms with Gasteiger partial charge in [-0.1, -0.05) is 11.8 Å². The molecule has 1 heterocycles. The lowest BCUT2D eigenvalue weighted by atomic mass is 10.2. The molecule has 0 bridgehead atoms. The predicted octanol–water partition coefficient (Wildman–Crippen LogP) is 2.59. The summed E-state index contributed by atoms with van der Waals surface area (Å²) in [6.45, 7) is 0.230. The quantitative estimate of drug-likeness (QED) is 0.836. The van der Waals surface area contributed by atoms with E-state index in [0.29, 0.717) is 10.4 Å². The van der Waals surface area contributed by atoms with Gasteiger partial charge in [-0.15, -0.1) is 11.3 Å². The molecule has 0 aliphatic carbocycles. The van der Waals surface area contributed by atoms with Gasteiger partial charge >= 0.3 is 0 Å². The van der Waals surface area contributed by atoms with E-state index in [4.69, 9.17) is 5.73 Å². The van der Waals surface area contributed by atoms with Crippen LogP contribution in [-0.4, -0.2) is 12.5 Å². The lowest BCUT2D eigenvalue weighted by molar-refractivity contribution is 0.102. The van der Waals surface area contributed by atoms with Crippen molar-refractivity contribution in [3.8, 4) is 11.8 Å². The molecule has 1 amide bonds. The summed E-state index contributed by atoms with van der Waals surface area (Å²) in [6.07, 6.45) is 0. The minimum atomic E-state index is -0.696. The van der Waals surface area contributed by atoms with Gasteiger partial charge in [-0.3, -0.25) is 4.79 Å². The Morgan fingerprint density at radius 2 is 2.15 bits per heavy atom. The Labute approximate surface area is 118 Å². The number of benzene rings is 1. The molecule has 20 heavy (non-hydrogen) atoms. The Bertz CT molecular complexity index is 701. The second-order valence-corrected chi connectivity index (χ2v) is 4.70. The third kappa shape index (κ3) is 3.41. The highest BCUT2D eigenvalue weighted by molar-refractivity contribution is 7.10. The first-order chi connectivity index (χ1) is 9.60. The van der Waals surface area contributed by atoms with Gasteiger partial charge in [0.15, 0.2) is 0 Å². The highest BCUT2D eigenvalue weighted by atomic mass is 32.1. The van der Waals surface area contributed by atoms with Gasteiger partial charge in [0, 0.05) is 11.4 Å². The van der Waals surface area contributed by atoms with Gasteiger partial charge in [0.05, 0.1) is 22.7 Å². The number of hydrogen-bond donors (Lipinski definition) is 2. The Balaban J connectivity index is 2.15. The summed E-state index contributed by atoms with van der Waals surface area (Å²) in [5.74, 6) is 3.62. The number of amides is 1. The van der Waals surface area contributed by atoms with Crippen molar-refractivity contribution in [1.29, 1.82) is 0 Å². The van der Waals surface area contributed by atoms with Gasteiger partial charge in [0.2, 0.25) is 0 Å². The molecule has 2 aromatic rings. The molecule has 0 fully saturated rings. The van der Waals surface area contributed by atoms with Crippen LogP contribution in [0.25, 0.3) is 0 Å². The van der Waals surface area contributed by atoms with E-state index in [9.17, 15) is 13.6 Å². The number of nitrogens with two attached hydrogens (primary N) is 1. The fraction of sp³-hybridized carbons (Fsp3) is 0.0714. The van der Waals surface area contributed by atoms with Crippen LogP contribution >= 0.6 is 11.3 Å². The molecule has 1 aromatic carbocycles. The van der Waals surface area contributed by atoms with E-state index >= 15 is 0 Å². The summed E-state index contributed by atoms with van der Waals surface area (Å²) in [4.78, 5) is 12.6. The minimum absolute atomic E-state index is 0.198. The van der Waals surface area contributed by atoms with Gasteiger partial charge in [0.25, 0.3) is 5.91 Å². The normalized spacial score (nSPS) is 9.75. The highest BCUT2D eigenvalue weighted by Gasteiger charge is 2.11. The number of hydrogen-bond acceptors (Lipinski definition) is 3. The van der Waals surface area contributed by atoms with Crippen molar-refractivity contribution in [2.24, 2.45) is 5.73 Å². The molecule has 0 aliphatic rings. The zero-order chi connectivity index (χ0) is 14.5. The van der Waals surface area contributed by atoms with Crippen molar-refractivity contribution in [3.63, 3.8) is 0 Å². The summed E-state index contributed by atoms with van der Waals surface area (Å²) >= 11 is 1.28. The van der Waals surface area contributed by atoms with Crippen LogP contribution in [0.5, 0.6) is 0 Å². The first-order valence-corrected chi connectivity index (χ1v) is 6.52. The monoisotopic (exact) mass is 292 g/mol. The molecule has 0 saturated carbocycles. The lowest BCUT2D eigenvalue weighted by Gasteiger charge is -2.04. The maximum Gasteiger partial charge on any atom is 0.256 e. The maximum atomic E-state index is 13.4. The van der Waals surface area contributed by atoms with Gasteiger partial charge < -0.3 is 11.1 Å². The third-order valence-corrected chi connectivity index (χ3v) is 3.20. The maximum absolute atomic E-state index is 13.4. The van der Waals surface area contributed by atoms with Crippen LogP contribution in [0.15, 0.2) is 29.6 Å². The smallest absolute Gasteiger partial charge is 0.256 e. The van der Waals surface area contributed by atoms with Crippen LogP contribution in [-0.2, 0) is 0 Å². The number of rotatable bonds is 2. The van der Waals surface area contributed by atoms with Crippen LogP contribution in [0.3, 0.4) is 0 Å². The number of halogens is 2. The summed E-state index contributed by atoms with van der Waals surface area (Å²) in [7, 11) is 0. The van der Waals surface area contributed by atoms with E-state index in [-0.39, 0.29) is 12.2 Å². The zero-order valence-corrected chi connectivity index (χ0v) is 11.1. The minimum Gasteiger partial charge on any atom is -0.320 e.